The molecule has 0 bridgehead atoms. The van der Waals surface area contributed by atoms with Gasteiger partial charge in [0.15, 0.2) is 0 Å². The molecule has 0 fully saturated rings. The van der Waals surface area contributed by atoms with E-state index in [0.29, 0.717) is 5.56 Å². The summed E-state index contributed by atoms with van der Waals surface area (Å²) in [5, 5.41) is 9.48. The molecule has 0 aliphatic heterocycles. The van der Waals surface area contributed by atoms with E-state index >= 15 is 0 Å². The molecule has 1 aromatic carbocycles. The van der Waals surface area contributed by atoms with Gasteiger partial charge in [0.1, 0.15) is 5.75 Å². The number of hydrogen-bond donors (Lipinski definition) is 2. The van der Waals surface area contributed by atoms with Crippen LogP contribution in [-0.2, 0) is 0 Å². The molecular weight excluding hydrogens is 188 g/mol. The summed E-state index contributed by atoms with van der Waals surface area (Å²) in [6, 6.07) is 1.73. The topological polar surface area (TPSA) is 46.2 Å². The number of rotatable bonds is 2. The molecule has 1 rings (SSSR count). The fraction of sp³-hybridized carbons (Fsp3) is 0.400. The average molecular weight is 201 g/mol. The molecule has 0 radical (unpaired) electrons. The Balaban J connectivity index is 3.20. The number of hydrogen-bond acceptors (Lipinski definition) is 2. The molecule has 1 aromatic rings. The summed E-state index contributed by atoms with van der Waals surface area (Å²) < 4.78 is 24.7. The minimum Gasteiger partial charge on any atom is -0.508 e. The van der Waals surface area contributed by atoms with E-state index in [9.17, 15) is 13.9 Å². The van der Waals surface area contributed by atoms with Crippen LogP contribution < -0.4 is 5.73 Å². The van der Waals surface area contributed by atoms with E-state index in [-0.39, 0.29) is 11.3 Å². The van der Waals surface area contributed by atoms with Crippen LogP contribution in [0.4, 0.5) is 8.78 Å². The second-order valence-electron chi connectivity index (χ2n) is 3.37. The standard InChI is InChI=1S/C10H13F2NO/c1-5-3-6(2)8(7(14)4-5)9(13)10(11)12/h3-4,9-10,14H,13H2,1-2H3/t9-/m1/s1. The minimum absolute atomic E-state index is 0.130. The van der Waals surface area contributed by atoms with Crippen LogP contribution in [0.2, 0.25) is 0 Å². The van der Waals surface area contributed by atoms with E-state index in [0.717, 1.165) is 5.56 Å². The van der Waals surface area contributed by atoms with Crippen molar-refractivity contribution in [3.8, 4) is 5.75 Å². The molecule has 0 unspecified atom stereocenters. The number of halogens is 2. The first-order valence-electron chi connectivity index (χ1n) is 4.27. The molecule has 0 aliphatic rings. The van der Waals surface area contributed by atoms with Gasteiger partial charge in [-0.05, 0) is 31.0 Å². The summed E-state index contributed by atoms with van der Waals surface area (Å²) in [4.78, 5) is 0. The Bertz CT molecular complexity index is 316. The number of alkyl halides is 2. The summed E-state index contributed by atoms with van der Waals surface area (Å²) in [6.45, 7) is 3.44. The van der Waals surface area contributed by atoms with Crippen molar-refractivity contribution < 1.29 is 13.9 Å². The quantitative estimate of drug-likeness (QED) is 0.771. The molecule has 0 saturated heterocycles. The fourth-order valence-corrected chi connectivity index (χ4v) is 1.52. The summed E-state index contributed by atoms with van der Waals surface area (Å²) in [5.41, 5.74) is 6.83. The van der Waals surface area contributed by atoms with Crippen LogP contribution >= 0.6 is 0 Å². The van der Waals surface area contributed by atoms with Crippen molar-refractivity contribution in [1.29, 1.82) is 0 Å². The Morgan fingerprint density at radius 3 is 2.29 bits per heavy atom. The molecule has 0 aromatic heterocycles. The summed E-state index contributed by atoms with van der Waals surface area (Å²) in [6.07, 6.45) is -2.66. The molecule has 14 heavy (non-hydrogen) atoms. The van der Waals surface area contributed by atoms with Gasteiger partial charge in [0.2, 0.25) is 0 Å². The molecule has 4 heteroatoms. The van der Waals surface area contributed by atoms with Crippen LogP contribution in [0.1, 0.15) is 22.7 Å². The maximum atomic E-state index is 12.3. The molecule has 78 valence electrons. The van der Waals surface area contributed by atoms with Crippen molar-refractivity contribution in [3.05, 3.63) is 28.8 Å². The van der Waals surface area contributed by atoms with Gasteiger partial charge in [-0.3, -0.25) is 0 Å². The van der Waals surface area contributed by atoms with Gasteiger partial charge in [-0.15, -0.1) is 0 Å². The van der Waals surface area contributed by atoms with E-state index in [1.54, 1.807) is 19.9 Å². The Labute approximate surface area is 81.4 Å². The molecule has 1 atom stereocenters. The Morgan fingerprint density at radius 2 is 1.86 bits per heavy atom. The van der Waals surface area contributed by atoms with E-state index in [2.05, 4.69) is 0 Å². The lowest BCUT2D eigenvalue weighted by Crippen LogP contribution is -2.20. The third-order valence-corrected chi connectivity index (χ3v) is 2.11. The minimum atomic E-state index is -2.66. The monoisotopic (exact) mass is 201 g/mol. The molecule has 0 spiro atoms. The zero-order valence-electron chi connectivity index (χ0n) is 8.09. The van der Waals surface area contributed by atoms with Crippen molar-refractivity contribution in [2.45, 2.75) is 26.3 Å². The Kier molecular flexibility index (Phi) is 3.06. The second kappa shape index (κ2) is 3.92. The molecular formula is C10H13F2NO. The Morgan fingerprint density at radius 1 is 1.29 bits per heavy atom. The number of phenolic OH excluding ortho intramolecular Hbond substituents is 1. The van der Waals surface area contributed by atoms with Crippen LogP contribution in [0.25, 0.3) is 0 Å². The number of aryl methyl sites for hydroxylation is 2. The molecule has 2 nitrogen and oxygen atoms in total. The average Bonchev–Trinajstić information content (AvgIpc) is 2.01. The van der Waals surface area contributed by atoms with Crippen molar-refractivity contribution >= 4 is 0 Å². The van der Waals surface area contributed by atoms with E-state index < -0.39 is 12.5 Å². The zero-order chi connectivity index (χ0) is 10.9. The highest BCUT2D eigenvalue weighted by atomic mass is 19.3. The van der Waals surface area contributed by atoms with Crippen LogP contribution in [0.15, 0.2) is 12.1 Å². The van der Waals surface area contributed by atoms with Crippen LogP contribution in [-0.4, -0.2) is 11.5 Å². The van der Waals surface area contributed by atoms with Gasteiger partial charge in [0, 0.05) is 5.56 Å². The summed E-state index contributed by atoms with van der Waals surface area (Å²) in [7, 11) is 0. The number of benzene rings is 1. The highest BCUT2D eigenvalue weighted by molar-refractivity contribution is 5.44. The maximum Gasteiger partial charge on any atom is 0.257 e. The molecule has 0 amide bonds. The van der Waals surface area contributed by atoms with E-state index in [1.165, 1.54) is 6.07 Å². The van der Waals surface area contributed by atoms with Crippen LogP contribution in [0, 0.1) is 13.8 Å². The predicted octanol–water partition coefficient (Wildman–Crippen LogP) is 2.27. The van der Waals surface area contributed by atoms with Gasteiger partial charge >= 0.3 is 0 Å². The smallest absolute Gasteiger partial charge is 0.257 e. The fourth-order valence-electron chi connectivity index (χ4n) is 1.52. The molecule has 3 N–H and O–H groups in total. The number of phenols is 1. The zero-order valence-corrected chi connectivity index (χ0v) is 8.09. The predicted molar refractivity (Wildman–Crippen MR) is 50.5 cm³/mol. The lowest BCUT2D eigenvalue weighted by atomic mass is 9.99. The lowest BCUT2D eigenvalue weighted by molar-refractivity contribution is 0.115. The third-order valence-electron chi connectivity index (χ3n) is 2.11. The molecule has 0 saturated carbocycles. The van der Waals surface area contributed by atoms with Gasteiger partial charge in [0.05, 0.1) is 6.04 Å². The van der Waals surface area contributed by atoms with Crippen molar-refractivity contribution in [3.63, 3.8) is 0 Å². The molecule has 0 heterocycles. The lowest BCUT2D eigenvalue weighted by Gasteiger charge is -2.16. The highest BCUT2D eigenvalue weighted by Crippen LogP contribution is 2.30. The first kappa shape index (κ1) is 10.9. The van der Waals surface area contributed by atoms with Gasteiger partial charge in [-0.25, -0.2) is 8.78 Å². The largest absolute Gasteiger partial charge is 0.508 e. The van der Waals surface area contributed by atoms with Crippen molar-refractivity contribution in [2.24, 2.45) is 5.73 Å². The van der Waals surface area contributed by atoms with Gasteiger partial charge in [-0.2, -0.15) is 0 Å². The number of aromatic hydroxyl groups is 1. The van der Waals surface area contributed by atoms with Gasteiger partial charge < -0.3 is 10.8 Å². The third kappa shape index (κ3) is 2.01. The maximum absolute atomic E-state index is 12.3. The second-order valence-corrected chi connectivity index (χ2v) is 3.37. The van der Waals surface area contributed by atoms with Gasteiger partial charge in [0.25, 0.3) is 6.43 Å². The van der Waals surface area contributed by atoms with Crippen molar-refractivity contribution in [2.75, 3.05) is 0 Å². The SMILES string of the molecule is Cc1cc(C)c([C@@H](N)C(F)F)c(O)c1. The van der Waals surface area contributed by atoms with Crippen molar-refractivity contribution in [1.82, 2.24) is 0 Å². The summed E-state index contributed by atoms with van der Waals surface area (Å²) >= 11 is 0. The molecule has 0 aliphatic carbocycles. The summed E-state index contributed by atoms with van der Waals surface area (Å²) in [5.74, 6) is -0.157. The van der Waals surface area contributed by atoms with E-state index in [4.69, 9.17) is 5.73 Å². The van der Waals surface area contributed by atoms with Crippen LogP contribution in [0.3, 0.4) is 0 Å². The van der Waals surface area contributed by atoms with Gasteiger partial charge in [-0.1, -0.05) is 6.07 Å². The number of nitrogens with two attached hydrogens (primary N) is 1. The normalized spacial score (nSPS) is 13.3. The highest BCUT2D eigenvalue weighted by Gasteiger charge is 2.22. The first-order chi connectivity index (χ1) is 6.43. The Hall–Kier alpha value is -1.16. The van der Waals surface area contributed by atoms with E-state index in [1.807, 2.05) is 0 Å². The van der Waals surface area contributed by atoms with Crippen LogP contribution in [0.5, 0.6) is 5.75 Å². The first-order valence-corrected chi connectivity index (χ1v) is 4.27.